The summed E-state index contributed by atoms with van der Waals surface area (Å²) < 4.78 is 0. The van der Waals surface area contributed by atoms with E-state index in [1.165, 1.54) is 23.9 Å². The molecule has 1 aliphatic heterocycles. The number of nitrogens with zero attached hydrogens (tertiary/aromatic N) is 2. The molecule has 1 heterocycles. The van der Waals surface area contributed by atoms with Gasteiger partial charge in [0.05, 0.1) is 15.9 Å². The van der Waals surface area contributed by atoms with Crippen LogP contribution in [-0.4, -0.2) is 40.0 Å². The molecule has 6 nitrogen and oxygen atoms in total. The maximum atomic E-state index is 12.3. The smallest absolute Gasteiger partial charge is 0.283 e. The molecule has 1 saturated heterocycles. The Bertz CT molecular complexity index is 958. The quantitative estimate of drug-likeness (QED) is 0.405. The van der Waals surface area contributed by atoms with Crippen molar-refractivity contribution in [3.63, 3.8) is 0 Å². The molecule has 2 aromatic carbocycles. The van der Waals surface area contributed by atoms with Gasteiger partial charge in [-0.15, -0.1) is 0 Å². The Morgan fingerprint density at radius 2 is 2.03 bits per heavy atom. The number of aliphatic hydroxyl groups excluding tert-OH is 1. The zero-order chi connectivity index (χ0) is 21.7. The Balaban J connectivity index is 1.80. The number of hydrogen-bond acceptors (Lipinski definition) is 5. The molecule has 0 aliphatic carbocycles. The summed E-state index contributed by atoms with van der Waals surface area (Å²) in [5.74, 6) is 0.120. The Morgan fingerprint density at radius 1 is 1.27 bits per heavy atom. The molecule has 1 atom stereocenters. The molecule has 1 amide bonds. The first-order chi connectivity index (χ1) is 14.3. The number of hydrogen-bond donors (Lipinski definition) is 1. The van der Waals surface area contributed by atoms with Crippen LogP contribution in [0.5, 0.6) is 0 Å². The van der Waals surface area contributed by atoms with Crippen LogP contribution in [0.1, 0.15) is 43.7 Å². The highest BCUT2D eigenvalue weighted by Crippen LogP contribution is 2.39. The molecule has 0 saturated carbocycles. The molecule has 30 heavy (non-hydrogen) atoms. The predicted octanol–water partition coefficient (Wildman–Crippen LogP) is 4.87. The number of nitro groups is 1. The lowest BCUT2D eigenvalue weighted by Gasteiger charge is -2.29. The molecule has 0 aromatic heterocycles. The molecule has 1 fully saturated rings. The third-order valence-corrected chi connectivity index (χ3v) is 6.22. The van der Waals surface area contributed by atoms with Crippen molar-refractivity contribution in [3.8, 4) is 0 Å². The van der Waals surface area contributed by atoms with Crippen molar-refractivity contribution in [2.24, 2.45) is 0 Å². The maximum absolute atomic E-state index is 12.3. The minimum Gasteiger partial charge on any atom is -0.391 e. The third-order valence-electron chi connectivity index (χ3n) is 5.07. The fourth-order valence-electron chi connectivity index (χ4n) is 3.46. The average Bonchev–Trinajstić information content (AvgIpc) is 2.72. The highest BCUT2D eigenvalue weighted by molar-refractivity contribution is 7.99. The minimum absolute atomic E-state index is 0.0153. The number of aliphatic hydroxyl groups is 1. The number of benzene rings is 2. The Kier molecular flexibility index (Phi) is 7.29. The van der Waals surface area contributed by atoms with Gasteiger partial charge in [-0.3, -0.25) is 14.9 Å². The average molecular weight is 427 g/mol. The second-order valence-electron chi connectivity index (χ2n) is 7.69. The largest absolute Gasteiger partial charge is 0.391 e. The lowest BCUT2D eigenvalue weighted by Crippen LogP contribution is -2.41. The molecule has 0 bridgehead atoms. The van der Waals surface area contributed by atoms with E-state index in [0.717, 1.165) is 16.9 Å². The summed E-state index contributed by atoms with van der Waals surface area (Å²) in [6, 6.07) is 12.9. The van der Waals surface area contributed by atoms with Crippen LogP contribution >= 0.6 is 11.8 Å². The van der Waals surface area contributed by atoms with Crippen LogP contribution in [0.3, 0.4) is 0 Å². The molecular weight excluding hydrogens is 400 g/mol. The zero-order valence-corrected chi connectivity index (χ0v) is 18.0. The van der Waals surface area contributed by atoms with Crippen molar-refractivity contribution < 1.29 is 14.8 Å². The van der Waals surface area contributed by atoms with E-state index in [0.29, 0.717) is 35.9 Å². The van der Waals surface area contributed by atoms with E-state index in [1.54, 1.807) is 23.1 Å². The number of carbonyl (C=O) groups excluding carboxylic acids is 1. The van der Waals surface area contributed by atoms with Crippen molar-refractivity contribution in [2.75, 3.05) is 13.1 Å². The predicted molar refractivity (Wildman–Crippen MR) is 119 cm³/mol. The first-order valence-electron chi connectivity index (χ1n) is 10.1. The summed E-state index contributed by atoms with van der Waals surface area (Å²) in [5, 5.41) is 21.4. The lowest BCUT2D eigenvalue weighted by atomic mass is 10.0. The summed E-state index contributed by atoms with van der Waals surface area (Å²) in [7, 11) is 0. The SMILES string of the molecule is CC(C)c1ccccc1Sc1ccc(C=CC(=O)N2CCCC(O)C2)cc1[N+](=O)[O-]. The van der Waals surface area contributed by atoms with E-state index >= 15 is 0 Å². The summed E-state index contributed by atoms with van der Waals surface area (Å²) in [5.41, 5.74) is 1.76. The van der Waals surface area contributed by atoms with Gasteiger partial charge >= 0.3 is 0 Å². The third kappa shape index (κ3) is 5.49. The molecule has 158 valence electrons. The Labute approximate surface area is 180 Å². The highest BCUT2D eigenvalue weighted by atomic mass is 32.2. The van der Waals surface area contributed by atoms with Gasteiger partial charge in [-0.2, -0.15) is 0 Å². The number of β-amino-alcohol motifs (C(OH)–C–C–N with tert-alkyl or cyclic N) is 1. The zero-order valence-electron chi connectivity index (χ0n) is 17.2. The van der Waals surface area contributed by atoms with E-state index < -0.39 is 6.10 Å². The minimum atomic E-state index is -0.484. The number of carbonyl (C=O) groups is 1. The molecular formula is C23H26N2O4S. The van der Waals surface area contributed by atoms with E-state index in [1.807, 2.05) is 24.3 Å². The molecule has 7 heteroatoms. The molecule has 1 aliphatic rings. The highest BCUT2D eigenvalue weighted by Gasteiger charge is 2.21. The first kappa shape index (κ1) is 22.1. The van der Waals surface area contributed by atoms with Gasteiger partial charge in [0.2, 0.25) is 5.91 Å². The summed E-state index contributed by atoms with van der Waals surface area (Å²) in [4.78, 5) is 26.8. The van der Waals surface area contributed by atoms with Crippen LogP contribution < -0.4 is 0 Å². The monoisotopic (exact) mass is 426 g/mol. The molecule has 1 unspecified atom stereocenters. The van der Waals surface area contributed by atoms with Gasteiger partial charge in [0.25, 0.3) is 5.69 Å². The molecule has 3 rings (SSSR count). The number of amides is 1. The van der Waals surface area contributed by atoms with Crippen molar-refractivity contribution >= 4 is 29.4 Å². The first-order valence-corrected chi connectivity index (χ1v) is 10.9. The van der Waals surface area contributed by atoms with Gasteiger partial charge in [-0.25, -0.2) is 0 Å². The number of nitro benzene ring substituents is 1. The second kappa shape index (κ2) is 9.91. The van der Waals surface area contributed by atoms with Crippen molar-refractivity contribution in [3.05, 3.63) is 69.8 Å². The van der Waals surface area contributed by atoms with E-state index in [9.17, 15) is 20.0 Å². The van der Waals surface area contributed by atoms with Crippen LogP contribution in [0.25, 0.3) is 6.08 Å². The van der Waals surface area contributed by atoms with Gasteiger partial charge in [0.1, 0.15) is 0 Å². The molecule has 0 spiro atoms. The topological polar surface area (TPSA) is 83.7 Å². The molecule has 1 N–H and O–H groups in total. The summed E-state index contributed by atoms with van der Waals surface area (Å²) in [6.45, 7) is 5.14. The standard InChI is InChI=1S/C23H26N2O4S/c1-16(2)19-7-3-4-8-21(19)30-22-11-9-17(14-20(22)25(28)29)10-12-23(27)24-13-5-6-18(26)15-24/h3-4,7-12,14,16,18,26H,5-6,13,15H2,1-2H3. The lowest BCUT2D eigenvalue weighted by molar-refractivity contribution is -0.387. The summed E-state index contributed by atoms with van der Waals surface area (Å²) in [6.07, 6.45) is 4.00. The Hall–Kier alpha value is -2.64. The van der Waals surface area contributed by atoms with Gasteiger partial charge in [0.15, 0.2) is 0 Å². The van der Waals surface area contributed by atoms with Gasteiger partial charge < -0.3 is 10.0 Å². The van der Waals surface area contributed by atoms with Crippen LogP contribution in [-0.2, 0) is 4.79 Å². The Morgan fingerprint density at radius 3 is 2.73 bits per heavy atom. The normalized spacial score (nSPS) is 16.9. The van der Waals surface area contributed by atoms with Crippen molar-refractivity contribution in [1.29, 1.82) is 0 Å². The molecule has 0 radical (unpaired) electrons. The number of rotatable bonds is 6. The maximum Gasteiger partial charge on any atom is 0.283 e. The van der Waals surface area contributed by atoms with Gasteiger partial charge in [0, 0.05) is 30.1 Å². The van der Waals surface area contributed by atoms with Crippen LogP contribution in [0.2, 0.25) is 0 Å². The number of piperidine rings is 1. The van der Waals surface area contributed by atoms with Crippen LogP contribution in [0.4, 0.5) is 5.69 Å². The van der Waals surface area contributed by atoms with E-state index in [2.05, 4.69) is 13.8 Å². The second-order valence-corrected chi connectivity index (χ2v) is 8.78. The fraction of sp³-hybridized carbons (Fsp3) is 0.348. The van der Waals surface area contributed by atoms with Gasteiger partial charge in [-0.1, -0.05) is 49.9 Å². The van der Waals surface area contributed by atoms with Crippen LogP contribution in [0.15, 0.2) is 58.3 Å². The van der Waals surface area contributed by atoms with E-state index in [4.69, 9.17) is 0 Å². The summed E-state index contributed by atoms with van der Waals surface area (Å²) >= 11 is 1.38. The van der Waals surface area contributed by atoms with E-state index in [-0.39, 0.29) is 16.5 Å². The number of likely N-dealkylation sites (tertiary alicyclic amines) is 1. The van der Waals surface area contributed by atoms with Crippen molar-refractivity contribution in [2.45, 2.75) is 48.5 Å². The van der Waals surface area contributed by atoms with Crippen molar-refractivity contribution in [1.82, 2.24) is 4.90 Å². The fourth-order valence-corrected chi connectivity index (χ4v) is 4.64. The van der Waals surface area contributed by atoms with Crippen LogP contribution in [0, 0.1) is 10.1 Å². The molecule has 2 aromatic rings. The van der Waals surface area contributed by atoms with Gasteiger partial charge in [-0.05, 0) is 48.1 Å².